The molecule has 0 unspecified atom stereocenters. The number of ether oxygens (including phenoxy) is 1. The van der Waals surface area contributed by atoms with Crippen LogP contribution in [0, 0.1) is 5.82 Å². The van der Waals surface area contributed by atoms with Crippen LogP contribution in [-0.2, 0) is 16.0 Å². The summed E-state index contributed by atoms with van der Waals surface area (Å²) >= 11 is 2.41. The van der Waals surface area contributed by atoms with Gasteiger partial charge in [-0.05, 0) is 19.1 Å². The molecule has 0 radical (unpaired) electrons. The van der Waals surface area contributed by atoms with Crippen LogP contribution in [-0.4, -0.2) is 28.5 Å². The van der Waals surface area contributed by atoms with Crippen molar-refractivity contribution < 1.29 is 18.7 Å². The highest BCUT2D eigenvalue weighted by molar-refractivity contribution is 7.18. The zero-order chi connectivity index (χ0) is 22.5. The number of nitrogens with zero attached hydrogens (tertiary/aromatic N) is 2. The van der Waals surface area contributed by atoms with Crippen LogP contribution in [0.4, 0.5) is 9.52 Å². The standard InChI is InChI=1S/C23H18FN3O3S2/c1-2-30-22(29)20-19(14-7-4-3-5-8-14)27-23(32-20)26-18(28)12-17-13-31-21(25-17)15-9-6-10-16(24)11-15/h3-11,13H,2,12H2,1H3,(H,26,27,28). The van der Waals surface area contributed by atoms with Crippen LogP contribution >= 0.6 is 22.7 Å². The lowest BCUT2D eigenvalue weighted by Crippen LogP contribution is -2.14. The molecule has 2 aromatic carbocycles. The molecule has 0 atom stereocenters. The molecule has 2 heterocycles. The van der Waals surface area contributed by atoms with Gasteiger partial charge in [-0.2, -0.15) is 0 Å². The normalized spacial score (nSPS) is 10.7. The van der Waals surface area contributed by atoms with Crippen molar-refractivity contribution in [3.8, 4) is 21.8 Å². The lowest BCUT2D eigenvalue weighted by molar-refractivity contribution is -0.115. The average molecular weight is 468 g/mol. The molecule has 0 fully saturated rings. The van der Waals surface area contributed by atoms with Crippen LogP contribution in [0.1, 0.15) is 22.3 Å². The number of carbonyl (C=O) groups excluding carboxylic acids is 2. The van der Waals surface area contributed by atoms with Crippen LogP contribution < -0.4 is 5.32 Å². The Labute approximate surface area is 191 Å². The molecular formula is C23H18FN3O3S2. The van der Waals surface area contributed by atoms with E-state index in [0.717, 1.165) is 16.9 Å². The zero-order valence-electron chi connectivity index (χ0n) is 17.0. The molecule has 0 spiro atoms. The van der Waals surface area contributed by atoms with E-state index in [1.165, 1.54) is 23.5 Å². The molecule has 162 valence electrons. The summed E-state index contributed by atoms with van der Waals surface area (Å²) in [5, 5.41) is 5.45. The number of benzene rings is 2. The van der Waals surface area contributed by atoms with Crippen molar-refractivity contribution in [2.75, 3.05) is 11.9 Å². The quantitative estimate of drug-likeness (QED) is 0.367. The van der Waals surface area contributed by atoms with Crippen LogP contribution in [0.15, 0.2) is 60.0 Å². The minimum Gasteiger partial charge on any atom is -0.462 e. The number of amides is 1. The monoisotopic (exact) mass is 467 g/mol. The van der Waals surface area contributed by atoms with Gasteiger partial charge in [-0.1, -0.05) is 53.8 Å². The zero-order valence-corrected chi connectivity index (χ0v) is 18.6. The lowest BCUT2D eigenvalue weighted by atomic mass is 10.1. The highest BCUT2D eigenvalue weighted by atomic mass is 32.1. The lowest BCUT2D eigenvalue weighted by Gasteiger charge is -2.01. The SMILES string of the molecule is CCOC(=O)c1sc(NC(=O)Cc2csc(-c3cccc(F)c3)n2)nc1-c1ccccc1. The average Bonchev–Trinajstić information content (AvgIpc) is 3.42. The fourth-order valence-corrected chi connectivity index (χ4v) is 4.68. The van der Waals surface area contributed by atoms with E-state index in [4.69, 9.17) is 4.74 Å². The van der Waals surface area contributed by atoms with Gasteiger partial charge in [0.25, 0.3) is 0 Å². The largest absolute Gasteiger partial charge is 0.462 e. The number of thiazole rings is 2. The minimum absolute atomic E-state index is 0.0286. The second-order valence-electron chi connectivity index (χ2n) is 6.66. The molecule has 0 bridgehead atoms. The maximum absolute atomic E-state index is 13.4. The first-order chi connectivity index (χ1) is 15.5. The first-order valence-corrected chi connectivity index (χ1v) is 11.5. The molecule has 32 heavy (non-hydrogen) atoms. The van der Waals surface area contributed by atoms with Crippen molar-refractivity contribution in [2.24, 2.45) is 0 Å². The minimum atomic E-state index is -0.483. The number of rotatable bonds is 7. The number of nitrogens with one attached hydrogen (secondary N) is 1. The Bertz CT molecular complexity index is 1250. The van der Waals surface area contributed by atoms with Crippen LogP contribution in [0.5, 0.6) is 0 Å². The topological polar surface area (TPSA) is 81.2 Å². The van der Waals surface area contributed by atoms with Gasteiger partial charge in [-0.15, -0.1) is 11.3 Å². The highest BCUT2D eigenvalue weighted by Gasteiger charge is 2.21. The van der Waals surface area contributed by atoms with Crippen molar-refractivity contribution in [1.29, 1.82) is 0 Å². The Balaban J connectivity index is 1.50. The van der Waals surface area contributed by atoms with E-state index in [1.54, 1.807) is 24.4 Å². The number of anilines is 1. The van der Waals surface area contributed by atoms with Gasteiger partial charge in [-0.25, -0.2) is 19.2 Å². The van der Waals surface area contributed by atoms with Crippen LogP contribution in [0.3, 0.4) is 0 Å². The van der Waals surface area contributed by atoms with Gasteiger partial charge in [0, 0.05) is 16.5 Å². The van der Waals surface area contributed by atoms with Gasteiger partial charge in [-0.3, -0.25) is 4.79 Å². The van der Waals surface area contributed by atoms with Crippen molar-refractivity contribution in [2.45, 2.75) is 13.3 Å². The van der Waals surface area contributed by atoms with Gasteiger partial charge in [0.2, 0.25) is 5.91 Å². The van der Waals surface area contributed by atoms with Crippen LogP contribution in [0.25, 0.3) is 21.8 Å². The first-order valence-electron chi connectivity index (χ1n) is 9.77. The van der Waals surface area contributed by atoms with Gasteiger partial charge in [0.15, 0.2) is 5.13 Å². The van der Waals surface area contributed by atoms with E-state index < -0.39 is 5.97 Å². The summed E-state index contributed by atoms with van der Waals surface area (Å²) in [5.41, 5.74) is 2.45. The van der Waals surface area contributed by atoms with Crippen molar-refractivity contribution in [3.63, 3.8) is 0 Å². The van der Waals surface area contributed by atoms with E-state index in [-0.39, 0.29) is 24.8 Å². The molecule has 2 aromatic heterocycles. The van der Waals surface area contributed by atoms with E-state index in [2.05, 4.69) is 15.3 Å². The van der Waals surface area contributed by atoms with E-state index >= 15 is 0 Å². The van der Waals surface area contributed by atoms with Crippen molar-refractivity contribution >= 4 is 39.7 Å². The van der Waals surface area contributed by atoms with Crippen molar-refractivity contribution in [3.05, 3.63) is 76.4 Å². The molecule has 4 rings (SSSR count). The van der Waals surface area contributed by atoms with Crippen LogP contribution in [0.2, 0.25) is 0 Å². The Morgan fingerprint density at radius 2 is 1.84 bits per heavy atom. The molecule has 0 aliphatic carbocycles. The summed E-state index contributed by atoms with van der Waals surface area (Å²) in [6.07, 6.45) is 0.0286. The molecule has 1 amide bonds. The van der Waals surface area contributed by atoms with E-state index in [9.17, 15) is 14.0 Å². The fourth-order valence-electron chi connectivity index (χ4n) is 2.97. The predicted molar refractivity (Wildman–Crippen MR) is 123 cm³/mol. The third-order valence-electron chi connectivity index (χ3n) is 4.35. The summed E-state index contributed by atoms with van der Waals surface area (Å²) in [5.74, 6) is -1.14. The number of esters is 1. The third kappa shape index (κ3) is 5.06. The van der Waals surface area contributed by atoms with Gasteiger partial charge in [0.05, 0.1) is 24.4 Å². The number of aromatic nitrogens is 2. The Morgan fingerprint density at radius 1 is 1.06 bits per heavy atom. The van der Waals surface area contributed by atoms with Gasteiger partial charge < -0.3 is 10.1 Å². The molecular weight excluding hydrogens is 449 g/mol. The van der Waals surface area contributed by atoms with Crippen molar-refractivity contribution in [1.82, 2.24) is 9.97 Å². The summed E-state index contributed by atoms with van der Waals surface area (Å²) in [6.45, 7) is 1.97. The maximum atomic E-state index is 13.4. The predicted octanol–water partition coefficient (Wildman–Crippen LogP) is 5.43. The van der Waals surface area contributed by atoms with E-state index in [1.807, 2.05) is 30.3 Å². The summed E-state index contributed by atoms with van der Waals surface area (Å²) in [6, 6.07) is 15.4. The number of hydrogen-bond acceptors (Lipinski definition) is 7. The number of halogens is 1. The molecule has 0 saturated carbocycles. The van der Waals surface area contributed by atoms with Gasteiger partial charge >= 0.3 is 5.97 Å². The molecule has 1 N–H and O–H groups in total. The molecule has 0 saturated heterocycles. The molecule has 0 aliphatic rings. The molecule has 6 nitrogen and oxygen atoms in total. The molecule has 9 heteroatoms. The summed E-state index contributed by atoms with van der Waals surface area (Å²) in [4.78, 5) is 34.2. The molecule has 4 aromatic rings. The highest BCUT2D eigenvalue weighted by Crippen LogP contribution is 2.32. The Hall–Kier alpha value is -3.43. The third-order valence-corrected chi connectivity index (χ3v) is 6.24. The smallest absolute Gasteiger partial charge is 0.350 e. The van der Waals surface area contributed by atoms with Gasteiger partial charge in [0.1, 0.15) is 15.7 Å². The number of carbonyl (C=O) groups is 2. The second kappa shape index (κ2) is 9.80. The fraction of sp³-hybridized carbons (Fsp3) is 0.130. The molecule has 0 aliphatic heterocycles. The second-order valence-corrected chi connectivity index (χ2v) is 8.52. The summed E-state index contributed by atoms with van der Waals surface area (Å²) < 4.78 is 18.6. The number of hydrogen-bond donors (Lipinski definition) is 1. The first kappa shape index (κ1) is 21.8. The Kier molecular flexibility index (Phi) is 6.67. The Morgan fingerprint density at radius 3 is 2.59 bits per heavy atom. The summed E-state index contributed by atoms with van der Waals surface area (Å²) in [7, 11) is 0. The maximum Gasteiger partial charge on any atom is 0.350 e. The van der Waals surface area contributed by atoms with E-state index in [0.29, 0.717) is 32.0 Å².